The molecule has 0 aliphatic carbocycles. The first-order valence-corrected chi connectivity index (χ1v) is 6.47. The number of hydrogen-bond acceptors (Lipinski definition) is 6. The van der Waals surface area contributed by atoms with Gasteiger partial charge in [0.1, 0.15) is 12.7 Å². The van der Waals surface area contributed by atoms with Crippen LogP contribution in [0.4, 0.5) is 0 Å². The Morgan fingerprint density at radius 1 is 1.50 bits per heavy atom. The second kappa shape index (κ2) is 5.30. The van der Waals surface area contributed by atoms with Gasteiger partial charge in [-0.3, -0.25) is 10.2 Å². The Labute approximate surface area is 110 Å². The van der Waals surface area contributed by atoms with Crippen molar-refractivity contribution in [3.05, 3.63) is 23.8 Å². The van der Waals surface area contributed by atoms with E-state index in [9.17, 15) is 4.79 Å². The molecule has 1 atom stereocenters. The molecule has 1 aliphatic rings. The number of amides is 1. The molecule has 1 unspecified atom stereocenters. The lowest BCUT2D eigenvalue weighted by molar-refractivity contribution is -0.125. The van der Waals surface area contributed by atoms with Gasteiger partial charge in [0.05, 0.1) is 4.91 Å². The lowest BCUT2D eigenvalue weighted by atomic mass is 10.4. The molecule has 18 heavy (non-hydrogen) atoms. The highest BCUT2D eigenvalue weighted by atomic mass is 32.2. The number of carbonyl (C=O) groups excluding carboxylic acids is 1. The maximum atomic E-state index is 12.1. The lowest BCUT2D eigenvalue weighted by Crippen LogP contribution is -2.40. The molecule has 1 fully saturated rings. The molecular weight excluding hydrogens is 252 g/mol. The molecule has 0 aromatic carbocycles. The van der Waals surface area contributed by atoms with Gasteiger partial charge in [-0.1, -0.05) is 11.8 Å². The van der Waals surface area contributed by atoms with Crippen LogP contribution in [0.2, 0.25) is 0 Å². The fourth-order valence-electron chi connectivity index (χ4n) is 1.60. The number of rotatable bonds is 4. The Morgan fingerprint density at radius 2 is 2.17 bits per heavy atom. The van der Waals surface area contributed by atoms with Crippen molar-refractivity contribution in [2.45, 2.75) is 12.4 Å². The monoisotopic (exact) mass is 268 g/mol. The maximum absolute atomic E-state index is 12.1. The normalized spacial score (nSPS) is 21.7. The van der Waals surface area contributed by atoms with Crippen molar-refractivity contribution in [3.63, 3.8) is 0 Å². The van der Waals surface area contributed by atoms with E-state index in [0.717, 1.165) is 4.91 Å². The van der Waals surface area contributed by atoms with E-state index in [-0.39, 0.29) is 11.4 Å². The van der Waals surface area contributed by atoms with Crippen molar-refractivity contribution >= 4 is 17.7 Å². The minimum Gasteiger partial charge on any atom is -0.382 e. The van der Waals surface area contributed by atoms with E-state index < -0.39 is 0 Å². The third-order valence-corrected chi connectivity index (χ3v) is 3.50. The van der Waals surface area contributed by atoms with Crippen LogP contribution in [0.3, 0.4) is 0 Å². The van der Waals surface area contributed by atoms with Gasteiger partial charge in [-0.15, -0.1) is 10.2 Å². The van der Waals surface area contributed by atoms with E-state index in [2.05, 4.69) is 15.6 Å². The first kappa shape index (κ1) is 12.7. The Bertz CT molecular complexity index is 443. The highest BCUT2D eigenvalue weighted by Crippen LogP contribution is 2.33. The molecule has 0 spiro atoms. The Kier molecular flexibility index (Phi) is 3.75. The third-order valence-electron chi connectivity index (χ3n) is 2.39. The van der Waals surface area contributed by atoms with Gasteiger partial charge in [0.25, 0.3) is 5.91 Å². The van der Waals surface area contributed by atoms with Gasteiger partial charge in [0.2, 0.25) is 0 Å². The topological polar surface area (TPSA) is 66.3 Å². The lowest BCUT2D eigenvalue weighted by Gasteiger charge is -2.22. The average molecular weight is 268 g/mol. The molecule has 2 heterocycles. The van der Waals surface area contributed by atoms with E-state index in [1.807, 2.05) is 32.1 Å². The van der Waals surface area contributed by atoms with Crippen molar-refractivity contribution < 1.29 is 4.79 Å². The van der Waals surface area contributed by atoms with Crippen molar-refractivity contribution in [2.75, 3.05) is 26.1 Å². The molecule has 0 radical (unpaired) electrons. The van der Waals surface area contributed by atoms with Crippen LogP contribution in [0.25, 0.3) is 0 Å². The summed E-state index contributed by atoms with van der Waals surface area (Å²) in [6.45, 7) is 2.61. The zero-order valence-electron chi connectivity index (χ0n) is 10.6. The van der Waals surface area contributed by atoms with Gasteiger partial charge in [0.15, 0.2) is 5.50 Å². The van der Waals surface area contributed by atoms with E-state index in [4.69, 9.17) is 0 Å². The summed E-state index contributed by atoms with van der Waals surface area (Å²) in [5, 5.41) is 7.43. The fraction of sp³-hybridized carbons (Fsp3) is 0.500. The van der Waals surface area contributed by atoms with Crippen molar-refractivity contribution in [3.8, 4) is 0 Å². The summed E-state index contributed by atoms with van der Waals surface area (Å²) in [6, 6.07) is 0. The number of hydrogen-bond donors (Lipinski definition) is 1. The largest absolute Gasteiger partial charge is 0.382 e. The molecule has 0 bridgehead atoms. The zero-order chi connectivity index (χ0) is 13.1. The smallest absolute Gasteiger partial charge is 0.264 e. The van der Waals surface area contributed by atoms with Crippen LogP contribution in [0.15, 0.2) is 23.8 Å². The van der Waals surface area contributed by atoms with E-state index in [0.29, 0.717) is 6.54 Å². The van der Waals surface area contributed by atoms with Gasteiger partial charge in [-0.25, -0.2) is 4.68 Å². The number of likely N-dealkylation sites (N-methyl/N-ethyl adjacent to an activating group) is 1. The van der Waals surface area contributed by atoms with Crippen LogP contribution >= 0.6 is 11.8 Å². The highest BCUT2D eigenvalue weighted by Gasteiger charge is 2.35. The van der Waals surface area contributed by atoms with Gasteiger partial charge < -0.3 is 9.80 Å². The van der Waals surface area contributed by atoms with Gasteiger partial charge in [0, 0.05) is 26.8 Å². The molecule has 1 aromatic rings. The number of nitrogens with zero attached hydrogens (tertiary/aromatic N) is 5. The Balaban J connectivity index is 2.13. The van der Waals surface area contributed by atoms with Crippen LogP contribution in [0.1, 0.15) is 6.92 Å². The van der Waals surface area contributed by atoms with Crippen LogP contribution in [-0.4, -0.2) is 56.7 Å². The van der Waals surface area contributed by atoms with E-state index in [1.165, 1.54) is 11.8 Å². The number of carbonyl (C=O) groups is 1. The van der Waals surface area contributed by atoms with Crippen LogP contribution in [0, 0.1) is 0 Å². The second-order valence-corrected chi connectivity index (χ2v) is 5.14. The first-order valence-electron chi connectivity index (χ1n) is 5.59. The minimum atomic E-state index is -0.135. The quantitative estimate of drug-likeness (QED) is 0.782. The molecule has 7 nitrogen and oxygen atoms in total. The molecule has 98 valence electrons. The van der Waals surface area contributed by atoms with Crippen LogP contribution < -0.4 is 5.43 Å². The van der Waals surface area contributed by atoms with Gasteiger partial charge in [-0.2, -0.15) is 0 Å². The summed E-state index contributed by atoms with van der Waals surface area (Å²) in [6.07, 6.45) is 4.96. The number of nitrogens with one attached hydrogen (secondary N) is 1. The molecule has 1 N–H and O–H groups in total. The SMILES string of the molecule is CCN1C(=O)C(=CN(C)C)SC1Nn1cnnc1. The van der Waals surface area contributed by atoms with E-state index >= 15 is 0 Å². The Hall–Kier alpha value is -1.70. The van der Waals surface area contributed by atoms with Crippen LogP contribution in [-0.2, 0) is 4.79 Å². The molecule has 2 rings (SSSR count). The summed E-state index contributed by atoms with van der Waals surface area (Å²) >= 11 is 1.49. The second-order valence-electron chi connectivity index (χ2n) is 4.02. The van der Waals surface area contributed by atoms with Crippen LogP contribution in [0.5, 0.6) is 0 Å². The molecule has 1 aliphatic heterocycles. The van der Waals surface area contributed by atoms with E-state index in [1.54, 1.807) is 22.2 Å². The highest BCUT2D eigenvalue weighted by molar-refractivity contribution is 8.05. The standard InChI is InChI=1S/C10H16N6OS/c1-4-16-9(17)8(5-14(2)3)18-10(16)13-15-6-11-12-7-15/h5-7,10,13H,4H2,1-3H3. The maximum Gasteiger partial charge on any atom is 0.264 e. The third kappa shape index (κ3) is 2.58. The van der Waals surface area contributed by atoms with Gasteiger partial charge in [-0.05, 0) is 6.92 Å². The fourth-order valence-corrected chi connectivity index (χ4v) is 2.88. The summed E-state index contributed by atoms with van der Waals surface area (Å²) in [5.41, 5.74) is 3.02. The Morgan fingerprint density at radius 3 is 2.72 bits per heavy atom. The number of thioether (sulfide) groups is 1. The summed E-state index contributed by atoms with van der Waals surface area (Å²) in [5.74, 6) is 0.0433. The minimum absolute atomic E-state index is 0.0433. The number of aromatic nitrogens is 3. The molecule has 0 saturated carbocycles. The first-order chi connectivity index (χ1) is 8.61. The molecular formula is C10H16N6OS. The molecule has 1 amide bonds. The van der Waals surface area contributed by atoms with Gasteiger partial charge >= 0.3 is 0 Å². The molecule has 1 aromatic heterocycles. The van der Waals surface area contributed by atoms with Crippen molar-refractivity contribution in [1.29, 1.82) is 0 Å². The average Bonchev–Trinajstić information content (AvgIpc) is 2.89. The molecule has 1 saturated heterocycles. The summed E-state index contributed by atoms with van der Waals surface area (Å²) < 4.78 is 1.65. The summed E-state index contributed by atoms with van der Waals surface area (Å²) in [7, 11) is 3.80. The predicted octanol–water partition coefficient (Wildman–Crippen LogP) is 0.103. The van der Waals surface area contributed by atoms with Crippen molar-refractivity contribution in [1.82, 2.24) is 24.7 Å². The predicted molar refractivity (Wildman–Crippen MR) is 69.9 cm³/mol. The summed E-state index contributed by atoms with van der Waals surface area (Å²) in [4.78, 5) is 16.5. The zero-order valence-corrected chi connectivity index (χ0v) is 11.4. The van der Waals surface area contributed by atoms with Crippen molar-refractivity contribution in [2.24, 2.45) is 0 Å². The molecule has 8 heteroatoms.